The van der Waals surface area contributed by atoms with Crippen molar-refractivity contribution < 1.29 is 9.59 Å². The number of benzene rings is 2. The minimum absolute atomic E-state index is 0.0653. The van der Waals surface area contributed by atoms with Crippen molar-refractivity contribution in [3.63, 3.8) is 0 Å². The second kappa shape index (κ2) is 8.70. The summed E-state index contributed by atoms with van der Waals surface area (Å²) in [4.78, 5) is 41.1. The predicted molar refractivity (Wildman–Crippen MR) is 115 cm³/mol. The first-order valence-corrected chi connectivity index (χ1v) is 10.4. The van der Waals surface area contributed by atoms with Crippen LogP contribution in [0.1, 0.15) is 24.2 Å². The average molecular weight is 460 g/mol. The summed E-state index contributed by atoms with van der Waals surface area (Å²) in [5.41, 5.74) is 1.55. The smallest absolute Gasteiger partial charge is 0.262 e. The SMILES string of the molecule is CCn1c(SCC(=O)Nc2cccc(C(C)=O)c2)nc2ccc(Br)cc2c1=O. The molecule has 2 aromatic carbocycles. The van der Waals surface area contributed by atoms with Gasteiger partial charge in [0, 0.05) is 22.3 Å². The van der Waals surface area contributed by atoms with Gasteiger partial charge in [-0.25, -0.2) is 4.98 Å². The zero-order valence-corrected chi connectivity index (χ0v) is 17.8. The molecule has 8 heteroatoms. The monoisotopic (exact) mass is 459 g/mol. The van der Waals surface area contributed by atoms with Crippen LogP contribution < -0.4 is 10.9 Å². The number of anilines is 1. The molecule has 6 nitrogen and oxygen atoms in total. The molecule has 0 bridgehead atoms. The maximum Gasteiger partial charge on any atom is 0.262 e. The Morgan fingerprint density at radius 1 is 1.21 bits per heavy atom. The van der Waals surface area contributed by atoms with Gasteiger partial charge in [0.15, 0.2) is 10.9 Å². The number of nitrogens with one attached hydrogen (secondary N) is 1. The van der Waals surface area contributed by atoms with Crippen molar-refractivity contribution in [1.29, 1.82) is 0 Å². The Labute approximate surface area is 174 Å². The van der Waals surface area contributed by atoms with Crippen LogP contribution in [0.4, 0.5) is 5.69 Å². The van der Waals surface area contributed by atoms with E-state index in [4.69, 9.17) is 0 Å². The van der Waals surface area contributed by atoms with E-state index in [1.54, 1.807) is 41.0 Å². The number of hydrogen-bond donors (Lipinski definition) is 1. The van der Waals surface area contributed by atoms with E-state index in [0.29, 0.717) is 33.9 Å². The molecule has 0 aliphatic heterocycles. The van der Waals surface area contributed by atoms with E-state index in [2.05, 4.69) is 26.2 Å². The van der Waals surface area contributed by atoms with Crippen molar-refractivity contribution in [2.24, 2.45) is 0 Å². The predicted octanol–water partition coefficient (Wildman–Crippen LogP) is 4.11. The van der Waals surface area contributed by atoms with Crippen LogP contribution in [0.15, 0.2) is 56.9 Å². The van der Waals surface area contributed by atoms with Gasteiger partial charge in [-0.1, -0.05) is 39.8 Å². The molecule has 3 aromatic rings. The van der Waals surface area contributed by atoms with Gasteiger partial charge in [-0.05, 0) is 44.2 Å². The lowest BCUT2D eigenvalue weighted by molar-refractivity contribution is -0.113. The lowest BCUT2D eigenvalue weighted by Gasteiger charge is -2.11. The van der Waals surface area contributed by atoms with Crippen molar-refractivity contribution in [2.75, 3.05) is 11.1 Å². The Morgan fingerprint density at radius 2 is 2.00 bits per heavy atom. The third kappa shape index (κ3) is 4.51. The van der Waals surface area contributed by atoms with Gasteiger partial charge in [0.05, 0.1) is 16.7 Å². The highest BCUT2D eigenvalue weighted by atomic mass is 79.9. The molecule has 0 radical (unpaired) electrons. The van der Waals surface area contributed by atoms with Gasteiger partial charge in [0.1, 0.15) is 0 Å². The third-order valence-electron chi connectivity index (χ3n) is 4.08. The normalized spacial score (nSPS) is 10.8. The van der Waals surface area contributed by atoms with E-state index in [0.717, 1.165) is 4.47 Å². The summed E-state index contributed by atoms with van der Waals surface area (Å²) in [6.07, 6.45) is 0. The van der Waals surface area contributed by atoms with Crippen LogP contribution in [-0.2, 0) is 11.3 Å². The van der Waals surface area contributed by atoms with E-state index >= 15 is 0 Å². The quantitative estimate of drug-likeness (QED) is 0.340. The maximum atomic E-state index is 12.7. The Hall–Kier alpha value is -2.45. The summed E-state index contributed by atoms with van der Waals surface area (Å²) < 4.78 is 2.37. The maximum absolute atomic E-state index is 12.7. The molecule has 3 rings (SSSR count). The second-order valence-corrected chi connectivity index (χ2v) is 7.94. The number of halogens is 1. The topological polar surface area (TPSA) is 81.1 Å². The number of carbonyl (C=O) groups is 2. The first kappa shape index (κ1) is 20.3. The lowest BCUT2D eigenvalue weighted by atomic mass is 10.1. The highest BCUT2D eigenvalue weighted by Crippen LogP contribution is 2.21. The Balaban J connectivity index is 1.78. The van der Waals surface area contributed by atoms with E-state index in [1.165, 1.54) is 18.7 Å². The van der Waals surface area contributed by atoms with Gasteiger partial charge in [-0.3, -0.25) is 19.0 Å². The molecular weight excluding hydrogens is 442 g/mol. The Morgan fingerprint density at radius 3 is 2.71 bits per heavy atom. The molecular formula is C20H18BrN3O3S. The van der Waals surface area contributed by atoms with Crippen LogP contribution in [-0.4, -0.2) is 27.0 Å². The molecule has 0 saturated carbocycles. The summed E-state index contributed by atoms with van der Waals surface area (Å²) >= 11 is 4.58. The first-order valence-electron chi connectivity index (χ1n) is 8.62. The molecule has 0 unspecified atom stereocenters. The molecule has 0 saturated heterocycles. The van der Waals surface area contributed by atoms with Crippen LogP contribution in [0, 0.1) is 0 Å². The molecule has 0 atom stereocenters. The zero-order chi connectivity index (χ0) is 20.3. The van der Waals surface area contributed by atoms with E-state index < -0.39 is 0 Å². The summed E-state index contributed by atoms with van der Waals surface area (Å²) in [5, 5.41) is 3.80. The number of Topliss-reactive ketones (excluding diaryl/α,β-unsaturated/α-hetero) is 1. The molecule has 1 amide bonds. The largest absolute Gasteiger partial charge is 0.325 e. The Kier molecular flexibility index (Phi) is 6.31. The molecule has 0 aliphatic rings. The highest BCUT2D eigenvalue weighted by Gasteiger charge is 2.13. The molecule has 0 fully saturated rings. The Bertz CT molecular complexity index is 1130. The van der Waals surface area contributed by atoms with E-state index in [-0.39, 0.29) is 23.0 Å². The molecule has 28 heavy (non-hydrogen) atoms. The van der Waals surface area contributed by atoms with Gasteiger partial charge in [-0.2, -0.15) is 0 Å². The van der Waals surface area contributed by atoms with Gasteiger partial charge < -0.3 is 5.32 Å². The van der Waals surface area contributed by atoms with Crippen LogP contribution in [0.25, 0.3) is 10.9 Å². The van der Waals surface area contributed by atoms with Crippen LogP contribution in [0.3, 0.4) is 0 Å². The minimum atomic E-state index is -0.237. The average Bonchev–Trinajstić information content (AvgIpc) is 2.67. The number of amides is 1. The number of ketones is 1. The van der Waals surface area contributed by atoms with Gasteiger partial charge >= 0.3 is 0 Å². The fourth-order valence-electron chi connectivity index (χ4n) is 2.70. The summed E-state index contributed by atoms with van der Waals surface area (Å²) in [6.45, 7) is 3.80. The van der Waals surface area contributed by atoms with Crippen molar-refractivity contribution in [3.05, 3.63) is 62.9 Å². The van der Waals surface area contributed by atoms with Crippen molar-refractivity contribution >= 4 is 56.0 Å². The standard InChI is InChI=1S/C20H18BrN3O3S/c1-3-24-19(27)16-10-14(21)7-8-17(16)23-20(24)28-11-18(26)22-15-6-4-5-13(9-15)12(2)25/h4-10H,3,11H2,1-2H3,(H,22,26). The number of aromatic nitrogens is 2. The lowest BCUT2D eigenvalue weighted by Crippen LogP contribution is -2.23. The zero-order valence-electron chi connectivity index (χ0n) is 15.4. The summed E-state index contributed by atoms with van der Waals surface area (Å²) in [6, 6.07) is 12.1. The van der Waals surface area contributed by atoms with Crippen LogP contribution in [0.5, 0.6) is 0 Å². The molecule has 1 heterocycles. The molecule has 1 N–H and O–H groups in total. The number of rotatable bonds is 6. The molecule has 0 spiro atoms. The number of fused-ring (bicyclic) bond motifs is 1. The van der Waals surface area contributed by atoms with Gasteiger partial charge in [0.2, 0.25) is 5.91 Å². The van der Waals surface area contributed by atoms with Gasteiger partial charge in [-0.15, -0.1) is 0 Å². The molecule has 0 aliphatic carbocycles. The summed E-state index contributed by atoms with van der Waals surface area (Å²) in [7, 11) is 0. The molecule has 1 aromatic heterocycles. The first-order chi connectivity index (χ1) is 13.4. The summed E-state index contributed by atoms with van der Waals surface area (Å²) in [5.74, 6) is -0.207. The van der Waals surface area contributed by atoms with Gasteiger partial charge in [0.25, 0.3) is 5.56 Å². The van der Waals surface area contributed by atoms with Crippen molar-refractivity contribution in [2.45, 2.75) is 25.5 Å². The van der Waals surface area contributed by atoms with Crippen molar-refractivity contribution in [3.8, 4) is 0 Å². The van der Waals surface area contributed by atoms with E-state index in [9.17, 15) is 14.4 Å². The van der Waals surface area contributed by atoms with E-state index in [1.807, 2.05) is 13.0 Å². The van der Waals surface area contributed by atoms with Crippen LogP contribution >= 0.6 is 27.7 Å². The van der Waals surface area contributed by atoms with Crippen LogP contribution in [0.2, 0.25) is 0 Å². The third-order valence-corrected chi connectivity index (χ3v) is 5.55. The highest BCUT2D eigenvalue weighted by molar-refractivity contribution is 9.10. The number of carbonyl (C=O) groups excluding carboxylic acids is 2. The second-order valence-electron chi connectivity index (χ2n) is 6.08. The number of nitrogens with zero attached hydrogens (tertiary/aromatic N) is 2. The fraction of sp³-hybridized carbons (Fsp3) is 0.200. The molecule has 144 valence electrons. The number of hydrogen-bond acceptors (Lipinski definition) is 5. The number of thioether (sulfide) groups is 1. The fourth-order valence-corrected chi connectivity index (χ4v) is 3.93. The minimum Gasteiger partial charge on any atom is -0.325 e. The van der Waals surface area contributed by atoms with Crippen molar-refractivity contribution in [1.82, 2.24) is 9.55 Å².